The number of aliphatic hydroxyl groups excluding tert-OH is 1. The molecule has 0 spiro atoms. The molecule has 1 aromatic rings. The van der Waals surface area contributed by atoms with E-state index in [9.17, 15) is 5.11 Å². The van der Waals surface area contributed by atoms with Crippen LogP contribution in [-0.2, 0) is 14.9 Å². The summed E-state index contributed by atoms with van der Waals surface area (Å²) in [5, 5.41) is 10.1. The maximum Gasteiger partial charge on any atom is 0.102 e. The van der Waals surface area contributed by atoms with Crippen LogP contribution in [0.4, 0.5) is 0 Å². The lowest BCUT2D eigenvalue weighted by atomic mass is 9.86. The van der Waals surface area contributed by atoms with E-state index in [1.165, 1.54) is 5.56 Å². The summed E-state index contributed by atoms with van der Waals surface area (Å²) in [5.74, 6) is 0. The Hall–Kier alpha value is -0.900. The number of hydrogen-bond donors (Lipinski definition) is 1. The van der Waals surface area contributed by atoms with Crippen LogP contribution in [0.2, 0.25) is 0 Å². The lowest BCUT2D eigenvalue weighted by Gasteiger charge is -2.21. The fraction of sp³-hybridized carbons (Fsp3) is 0.667. The van der Waals surface area contributed by atoms with Crippen molar-refractivity contribution in [2.75, 3.05) is 19.8 Å². The molecule has 1 aromatic carbocycles. The van der Waals surface area contributed by atoms with E-state index < -0.39 is 6.10 Å². The second-order valence-corrected chi connectivity index (χ2v) is 7.42. The summed E-state index contributed by atoms with van der Waals surface area (Å²) in [5.41, 5.74) is 2.13. The van der Waals surface area contributed by atoms with E-state index in [0.717, 1.165) is 5.56 Å². The zero-order valence-electron chi connectivity index (χ0n) is 14.3. The van der Waals surface area contributed by atoms with Gasteiger partial charge in [0.15, 0.2) is 0 Å². The van der Waals surface area contributed by atoms with Crippen molar-refractivity contribution in [1.29, 1.82) is 0 Å². The second-order valence-electron chi connectivity index (χ2n) is 7.42. The monoisotopic (exact) mass is 294 g/mol. The third-order valence-electron chi connectivity index (χ3n) is 3.20. The SMILES string of the molecule is CC(C)(C)OCCOCC(O)c1ccc(C(C)(C)C)cc1. The Kier molecular flexibility index (Phi) is 6.39. The van der Waals surface area contributed by atoms with Crippen LogP contribution in [0.5, 0.6) is 0 Å². The lowest BCUT2D eigenvalue weighted by Crippen LogP contribution is -2.22. The van der Waals surface area contributed by atoms with Gasteiger partial charge in [0, 0.05) is 0 Å². The van der Waals surface area contributed by atoms with Crippen LogP contribution in [0.3, 0.4) is 0 Å². The molecule has 0 amide bonds. The van der Waals surface area contributed by atoms with E-state index in [1.54, 1.807) is 0 Å². The molecule has 1 N–H and O–H groups in total. The third-order valence-corrected chi connectivity index (χ3v) is 3.20. The summed E-state index contributed by atoms with van der Waals surface area (Å²) in [6.07, 6.45) is -0.589. The molecule has 0 saturated heterocycles. The minimum Gasteiger partial charge on any atom is -0.386 e. The van der Waals surface area contributed by atoms with Gasteiger partial charge in [0.05, 0.1) is 25.4 Å². The Morgan fingerprint density at radius 1 is 0.952 bits per heavy atom. The maximum atomic E-state index is 10.1. The van der Waals surface area contributed by atoms with Gasteiger partial charge in [-0.25, -0.2) is 0 Å². The normalized spacial score (nSPS) is 14.2. The van der Waals surface area contributed by atoms with Gasteiger partial charge in [-0.1, -0.05) is 45.0 Å². The van der Waals surface area contributed by atoms with Crippen molar-refractivity contribution in [2.45, 2.75) is 58.7 Å². The molecule has 0 saturated carbocycles. The van der Waals surface area contributed by atoms with Crippen LogP contribution in [0, 0.1) is 0 Å². The van der Waals surface area contributed by atoms with Crippen LogP contribution in [0.15, 0.2) is 24.3 Å². The van der Waals surface area contributed by atoms with Gasteiger partial charge in [-0.2, -0.15) is 0 Å². The maximum absolute atomic E-state index is 10.1. The van der Waals surface area contributed by atoms with Crippen molar-refractivity contribution in [2.24, 2.45) is 0 Å². The van der Waals surface area contributed by atoms with E-state index in [2.05, 4.69) is 32.9 Å². The van der Waals surface area contributed by atoms with Crippen molar-refractivity contribution >= 4 is 0 Å². The Bertz CT molecular complexity index is 410. The van der Waals surface area contributed by atoms with Crippen molar-refractivity contribution in [1.82, 2.24) is 0 Å². The van der Waals surface area contributed by atoms with E-state index in [-0.39, 0.29) is 11.0 Å². The first-order valence-corrected chi connectivity index (χ1v) is 7.60. The Morgan fingerprint density at radius 3 is 2.00 bits per heavy atom. The van der Waals surface area contributed by atoms with Gasteiger partial charge in [-0.05, 0) is 37.3 Å². The molecule has 0 aliphatic rings. The highest BCUT2D eigenvalue weighted by Crippen LogP contribution is 2.24. The Balaban J connectivity index is 2.37. The molecule has 1 atom stereocenters. The summed E-state index contributed by atoms with van der Waals surface area (Å²) in [7, 11) is 0. The number of aliphatic hydroxyl groups is 1. The summed E-state index contributed by atoms with van der Waals surface area (Å²) in [6.45, 7) is 13.9. The van der Waals surface area contributed by atoms with E-state index in [0.29, 0.717) is 19.8 Å². The van der Waals surface area contributed by atoms with Crippen LogP contribution in [-0.4, -0.2) is 30.5 Å². The van der Waals surface area contributed by atoms with Crippen LogP contribution in [0.25, 0.3) is 0 Å². The van der Waals surface area contributed by atoms with Gasteiger partial charge in [0.1, 0.15) is 6.10 Å². The highest BCUT2D eigenvalue weighted by molar-refractivity contribution is 5.28. The topological polar surface area (TPSA) is 38.7 Å². The van der Waals surface area contributed by atoms with Gasteiger partial charge >= 0.3 is 0 Å². The molecule has 0 fully saturated rings. The van der Waals surface area contributed by atoms with Crippen molar-refractivity contribution in [3.05, 3.63) is 35.4 Å². The first-order valence-electron chi connectivity index (χ1n) is 7.60. The molecule has 21 heavy (non-hydrogen) atoms. The average Bonchev–Trinajstić information content (AvgIpc) is 2.36. The minimum atomic E-state index is -0.589. The van der Waals surface area contributed by atoms with Crippen molar-refractivity contribution in [3.8, 4) is 0 Å². The van der Waals surface area contributed by atoms with Crippen LogP contribution < -0.4 is 0 Å². The molecule has 0 bridgehead atoms. The summed E-state index contributed by atoms with van der Waals surface area (Å²) >= 11 is 0. The fourth-order valence-electron chi connectivity index (χ4n) is 1.90. The molecule has 120 valence electrons. The van der Waals surface area contributed by atoms with Gasteiger partial charge in [0.25, 0.3) is 0 Å². The second kappa shape index (κ2) is 7.39. The van der Waals surface area contributed by atoms with E-state index in [4.69, 9.17) is 9.47 Å². The van der Waals surface area contributed by atoms with E-state index in [1.807, 2.05) is 32.9 Å². The summed E-state index contributed by atoms with van der Waals surface area (Å²) in [4.78, 5) is 0. The summed E-state index contributed by atoms with van der Waals surface area (Å²) in [6, 6.07) is 8.09. The lowest BCUT2D eigenvalue weighted by molar-refractivity contribution is -0.0477. The summed E-state index contributed by atoms with van der Waals surface area (Å²) < 4.78 is 11.0. The van der Waals surface area contributed by atoms with Crippen LogP contribution in [0.1, 0.15) is 58.8 Å². The molecular formula is C18H30O3. The van der Waals surface area contributed by atoms with Crippen LogP contribution >= 0.6 is 0 Å². The first kappa shape index (κ1) is 18.1. The van der Waals surface area contributed by atoms with Gasteiger partial charge in [0.2, 0.25) is 0 Å². The molecule has 3 heteroatoms. The average molecular weight is 294 g/mol. The van der Waals surface area contributed by atoms with Crippen molar-refractivity contribution in [3.63, 3.8) is 0 Å². The number of ether oxygens (including phenoxy) is 2. The quantitative estimate of drug-likeness (QED) is 0.810. The molecule has 3 nitrogen and oxygen atoms in total. The predicted molar refractivity (Wildman–Crippen MR) is 86.6 cm³/mol. The van der Waals surface area contributed by atoms with Crippen molar-refractivity contribution < 1.29 is 14.6 Å². The number of benzene rings is 1. The number of hydrogen-bond acceptors (Lipinski definition) is 3. The first-order chi connectivity index (χ1) is 9.59. The molecule has 1 unspecified atom stereocenters. The molecule has 0 radical (unpaired) electrons. The van der Waals surface area contributed by atoms with Gasteiger partial charge < -0.3 is 14.6 Å². The van der Waals surface area contributed by atoms with E-state index >= 15 is 0 Å². The fourth-order valence-corrected chi connectivity index (χ4v) is 1.90. The minimum absolute atomic E-state index is 0.129. The van der Waals surface area contributed by atoms with Gasteiger partial charge in [-0.15, -0.1) is 0 Å². The highest BCUT2D eigenvalue weighted by Gasteiger charge is 2.15. The Labute approximate surface area is 129 Å². The standard InChI is InChI=1S/C18H30O3/c1-17(2,3)15-9-7-14(8-10-15)16(19)13-20-11-12-21-18(4,5)6/h7-10,16,19H,11-13H2,1-6H3. The highest BCUT2D eigenvalue weighted by atomic mass is 16.5. The largest absolute Gasteiger partial charge is 0.386 e. The molecule has 1 rings (SSSR count). The predicted octanol–water partition coefficient (Wildman–Crippen LogP) is 3.85. The third kappa shape index (κ3) is 7.07. The Morgan fingerprint density at radius 2 is 1.52 bits per heavy atom. The number of rotatable bonds is 6. The zero-order valence-corrected chi connectivity index (χ0v) is 14.3. The van der Waals surface area contributed by atoms with Gasteiger partial charge in [-0.3, -0.25) is 0 Å². The molecule has 0 heterocycles. The molecule has 0 aliphatic heterocycles. The molecular weight excluding hydrogens is 264 g/mol. The zero-order chi connectivity index (χ0) is 16.1. The molecule has 0 aromatic heterocycles. The molecule has 0 aliphatic carbocycles. The smallest absolute Gasteiger partial charge is 0.102 e.